The molecule has 0 aliphatic carbocycles. The second-order valence-corrected chi connectivity index (χ2v) is 6.57. The summed E-state index contributed by atoms with van der Waals surface area (Å²) >= 11 is 1.63. The molecule has 4 heteroatoms. The van der Waals surface area contributed by atoms with Gasteiger partial charge in [-0.15, -0.1) is 11.3 Å². The molecule has 106 valence electrons. The SMILES string of the molecule is C[C@@]1(c2ccccc2)CCCN(c2nc(CO)cs2)C1. The number of hydrogen-bond acceptors (Lipinski definition) is 4. The first kappa shape index (κ1) is 13.6. The zero-order valence-electron chi connectivity index (χ0n) is 11.7. The number of hydrogen-bond donors (Lipinski definition) is 1. The molecule has 0 amide bonds. The van der Waals surface area contributed by atoms with Gasteiger partial charge in [-0.3, -0.25) is 0 Å². The molecule has 0 bridgehead atoms. The van der Waals surface area contributed by atoms with E-state index in [1.54, 1.807) is 11.3 Å². The van der Waals surface area contributed by atoms with Gasteiger partial charge in [-0.25, -0.2) is 4.98 Å². The average Bonchev–Trinajstić information content (AvgIpc) is 2.97. The molecule has 1 aliphatic heterocycles. The van der Waals surface area contributed by atoms with Gasteiger partial charge in [-0.05, 0) is 18.4 Å². The number of benzene rings is 1. The monoisotopic (exact) mass is 288 g/mol. The topological polar surface area (TPSA) is 36.4 Å². The van der Waals surface area contributed by atoms with Crippen molar-refractivity contribution in [1.82, 2.24) is 4.98 Å². The fraction of sp³-hybridized carbons (Fsp3) is 0.438. The van der Waals surface area contributed by atoms with Crippen LogP contribution in [0, 0.1) is 0 Å². The van der Waals surface area contributed by atoms with Crippen LogP contribution in [-0.2, 0) is 12.0 Å². The number of thiazole rings is 1. The molecule has 0 spiro atoms. The minimum atomic E-state index is 0.0281. The molecule has 1 aromatic heterocycles. The Hall–Kier alpha value is -1.39. The minimum Gasteiger partial charge on any atom is -0.390 e. The van der Waals surface area contributed by atoms with E-state index in [0.29, 0.717) is 0 Å². The molecule has 1 fully saturated rings. The fourth-order valence-corrected chi connectivity index (χ4v) is 3.84. The van der Waals surface area contributed by atoms with E-state index in [2.05, 4.69) is 47.1 Å². The lowest BCUT2D eigenvalue weighted by Gasteiger charge is -2.41. The van der Waals surface area contributed by atoms with Crippen molar-refractivity contribution in [1.29, 1.82) is 0 Å². The van der Waals surface area contributed by atoms with Gasteiger partial charge in [-0.2, -0.15) is 0 Å². The van der Waals surface area contributed by atoms with E-state index in [-0.39, 0.29) is 12.0 Å². The maximum Gasteiger partial charge on any atom is 0.185 e. The number of anilines is 1. The molecule has 0 saturated carbocycles. The van der Waals surface area contributed by atoms with Crippen LogP contribution in [0.4, 0.5) is 5.13 Å². The highest BCUT2D eigenvalue weighted by molar-refractivity contribution is 7.13. The standard InChI is InChI=1S/C16H20N2OS/c1-16(13-6-3-2-4-7-13)8-5-9-18(12-16)15-17-14(10-19)11-20-15/h2-4,6-7,11,19H,5,8-10,12H2,1H3/t16-/m1/s1. The summed E-state index contributed by atoms with van der Waals surface area (Å²) in [5.41, 5.74) is 2.37. The van der Waals surface area contributed by atoms with E-state index in [9.17, 15) is 0 Å². The van der Waals surface area contributed by atoms with Gasteiger partial charge >= 0.3 is 0 Å². The van der Waals surface area contributed by atoms with E-state index < -0.39 is 0 Å². The predicted molar refractivity (Wildman–Crippen MR) is 83.3 cm³/mol. The van der Waals surface area contributed by atoms with Crippen molar-refractivity contribution in [2.75, 3.05) is 18.0 Å². The molecule has 1 aliphatic rings. The Labute approximate surface area is 123 Å². The van der Waals surface area contributed by atoms with E-state index in [0.717, 1.165) is 23.9 Å². The molecule has 1 N–H and O–H groups in total. The van der Waals surface area contributed by atoms with E-state index in [1.807, 2.05) is 5.38 Å². The zero-order valence-corrected chi connectivity index (χ0v) is 12.6. The summed E-state index contributed by atoms with van der Waals surface area (Å²) in [6.45, 7) is 4.42. The molecule has 3 nitrogen and oxygen atoms in total. The van der Waals surface area contributed by atoms with E-state index in [4.69, 9.17) is 5.11 Å². The minimum absolute atomic E-state index is 0.0281. The van der Waals surface area contributed by atoms with Gasteiger partial charge < -0.3 is 10.0 Å². The van der Waals surface area contributed by atoms with Crippen LogP contribution in [0.2, 0.25) is 0 Å². The molecule has 2 heterocycles. The van der Waals surface area contributed by atoms with Crippen molar-refractivity contribution in [3.8, 4) is 0 Å². The van der Waals surface area contributed by atoms with Gasteiger partial charge in [0.2, 0.25) is 0 Å². The first-order valence-corrected chi connectivity index (χ1v) is 7.95. The molecule has 2 aromatic rings. The quantitative estimate of drug-likeness (QED) is 0.942. The number of rotatable bonds is 3. The Morgan fingerprint density at radius 1 is 1.35 bits per heavy atom. The molecule has 0 unspecified atom stereocenters. The van der Waals surface area contributed by atoms with Crippen LogP contribution in [0.3, 0.4) is 0 Å². The van der Waals surface area contributed by atoms with Crippen LogP contribution in [0.25, 0.3) is 0 Å². The number of aliphatic hydroxyl groups is 1. The van der Waals surface area contributed by atoms with Crippen molar-refractivity contribution < 1.29 is 5.11 Å². The third-order valence-corrected chi connectivity index (χ3v) is 5.09. The Morgan fingerprint density at radius 2 is 2.15 bits per heavy atom. The largest absolute Gasteiger partial charge is 0.390 e. The average molecular weight is 288 g/mol. The normalized spacial score (nSPS) is 23.0. The molecule has 3 rings (SSSR count). The van der Waals surface area contributed by atoms with Crippen LogP contribution in [0.15, 0.2) is 35.7 Å². The van der Waals surface area contributed by atoms with Gasteiger partial charge in [0.25, 0.3) is 0 Å². The second-order valence-electron chi connectivity index (χ2n) is 5.73. The predicted octanol–water partition coefficient (Wildman–Crippen LogP) is 3.19. The molecular weight excluding hydrogens is 268 g/mol. The molecule has 0 radical (unpaired) electrons. The van der Waals surface area contributed by atoms with Crippen LogP contribution in [-0.4, -0.2) is 23.2 Å². The lowest BCUT2D eigenvalue weighted by molar-refractivity contribution is 0.277. The van der Waals surface area contributed by atoms with Gasteiger partial charge in [-0.1, -0.05) is 37.3 Å². The second kappa shape index (κ2) is 5.54. The molecule has 1 aromatic carbocycles. The Morgan fingerprint density at radius 3 is 2.85 bits per heavy atom. The van der Waals surface area contributed by atoms with Crippen LogP contribution < -0.4 is 4.90 Å². The molecule has 1 saturated heterocycles. The lowest BCUT2D eigenvalue weighted by atomic mass is 9.76. The summed E-state index contributed by atoms with van der Waals surface area (Å²) in [4.78, 5) is 6.87. The molecule has 20 heavy (non-hydrogen) atoms. The van der Waals surface area contributed by atoms with E-state index >= 15 is 0 Å². The van der Waals surface area contributed by atoms with Gasteiger partial charge in [0.1, 0.15) is 0 Å². The molecule has 1 atom stereocenters. The fourth-order valence-electron chi connectivity index (χ4n) is 2.99. The zero-order chi connectivity index (χ0) is 14.0. The third kappa shape index (κ3) is 2.58. The number of aromatic nitrogens is 1. The maximum atomic E-state index is 9.16. The number of nitrogens with zero attached hydrogens (tertiary/aromatic N) is 2. The van der Waals surface area contributed by atoms with Crippen molar-refractivity contribution in [3.63, 3.8) is 0 Å². The number of piperidine rings is 1. The summed E-state index contributed by atoms with van der Waals surface area (Å²) in [7, 11) is 0. The van der Waals surface area contributed by atoms with Crippen LogP contribution in [0.1, 0.15) is 31.0 Å². The number of aliphatic hydroxyl groups excluding tert-OH is 1. The van der Waals surface area contributed by atoms with Crippen molar-refractivity contribution in [3.05, 3.63) is 47.0 Å². The van der Waals surface area contributed by atoms with Crippen LogP contribution >= 0.6 is 11.3 Å². The smallest absolute Gasteiger partial charge is 0.185 e. The first-order chi connectivity index (χ1) is 9.71. The summed E-state index contributed by atoms with van der Waals surface area (Å²) in [6, 6.07) is 10.8. The van der Waals surface area contributed by atoms with Crippen molar-refractivity contribution in [2.45, 2.75) is 31.8 Å². The third-order valence-electron chi connectivity index (χ3n) is 4.14. The van der Waals surface area contributed by atoms with Crippen molar-refractivity contribution >= 4 is 16.5 Å². The Kier molecular flexibility index (Phi) is 3.76. The summed E-state index contributed by atoms with van der Waals surface area (Å²) in [6.07, 6.45) is 2.39. The van der Waals surface area contributed by atoms with Gasteiger partial charge in [0.05, 0.1) is 12.3 Å². The summed E-state index contributed by atoms with van der Waals surface area (Å²) in [5, 5.41) is 12.1. The van der Waals surface area contributed by atoms with Gasteiger partial charge in [0, 0.05) is 23.9 Å². The molecular formula is C16H20N2OS. The lowest BCUT2D eigenvalue weighted by Crippen LogP contribution is -2.44. The Bertz CT molecular complexity index is 569. The highest BCUT2D eigenvalue weighted by Crippen LogP contribution is 2.36. The highest BCUT2D eigenvalue weighted by atomic mass is 32.1. The van der Waals surface area contributed by atoms with Crippen LogP contribution in [0.5, 0.6) is 0 Å². The highest BCUT2D eigenvalue weighted by Gasteiger charge is 2.33. The summed E-state index contributed by atoms with van der Waals surface area (Å²) in [5.74, 6) is 0. The van der Waals surface area contributed by atoms with E-state index in [1.165, 1.54) is 18.4 Å². The maximum absolute atomic E-state index is 9.16. The Balaban J connectivity index is 1.82. The van der Waals surface area contributed by atoms with Gasteiger partial charge in [0.15, 0.2) is 5.13 Å². The summed E-state index contributed by atoms with van der Waals surface area (Å²) < 4.78 is 0. The first-order valence-electron chi connectivity index (χ1n) is 7.07. The van der Waals surface area contributed by atoms with Crippen molar-refractivity contribution in [2.24, 2.45) is 0 Å².